The number of nitrogens with zero attached hydrogens (tertiary/aromatic N) is 1. The van der Waals surface area contributed by atoms with Crippen LogP contribution >= 0.6 is 23.2 Å². The molecule has 0 N–H and O–H groups in total. The number of carbonyl (C=O) groups excluding carboxylic acids is 1. The molecule has 0 aromatic heterocycles. The molecular weight excluding hydrogens is 549 g/mol. The minimum atomic E-state index is -0.186. The highest BCUT2D eigenvalue weighted by atomic mass is 35.5. The summed E-state index contributed by atoms with van der Waals surface area (Å²) in [7, 11) is 4.57. The van der Waals surface area contributed by atoms with E-state index in [4.69, 9.17) is 42.1 Å². The lowest BCUT2D eigenvalue weighted by Crippen LogP contribution is -2.32. The van der Waals surface area contributed by atoms with Crippen LogP contribution in [0.2, 0.25) is 10.0 Å². The predicted molar refractivity (Wildman–Crippen MR) is 158 cm³/mol. The molecule has 40 heavy (non-hydrogen) atoms. The van der Waals surface area contributed by atoms with Crippen molar-refractivity contribution in [3.8, 4) is 23.0 Å². The summed E-state index contributed by atoms with van der Waals surface area (Å²) < 4.78 is 22.3. The maximum absolute atomic E-state index is 13.9. The summed E-state index contributed by atoms with van der Waals surface area (Å²) in [5, 5.41) is 1.13. The van der Waals surface area contributed by atoms with Crippen molar-refractivity contribution >= 4 is 29.1 Å². The van der Waals surface area contributed by atoms with E-state index in [-0.39, 0.29) is 5.91 Å². The van der Waals surface area contributed by atoms with Crippen molar-refractivity contribution in [2.45, 2.75) is 19.6 Å². The second-order valence-corrected chi connectivity index (χ2v) is 9.89. The summed E-state index contributed by atoms with van der Waals surface area (Å²) >= 11 is 12.5. The number of benzene rings is 4. The average molecular weight is 581 g/mol. The van der Waals surface area contributed by atoms with Crippen LogP contribution in [0.1, 0.15) is 27.0 Å². The minimum absolute atomic E-state index is 0.186. The molecule has 0 bridgehead atoms. The number of carbonyl (C=O) groups is 1. The number of amides is 1. The number of hydrogen-bond acceptors (Lipinski definition) is 5. The van der Waals surface area contributed by atoms with Crippen molar-refractivity contribution in [1.82, 2.24) is 4.90 Å². The summed E-state index contributed by atoms with van der Waals surface area (Å²) in [6.07, 6.45) is 0.546. The van der Waals surface area contributed by atoms with Gasteiger partial charge < -0.3 is 23.8 Å². The number of rotatable bonds is 12. The first-order chi connectivity index (χ1) is 19.4. The summed E-state index contributed by atoms with van der Waals surface area (Å²) in [5.74, 6) is 1.81. The van der Waals surface area contributed by atoms with Crippen LogP contribution in [0, 0.1) is 0 Å². The molecule has 1 amide bonds. The second kappa shape index (κ2) is 14.0. The molecule has 0 radical (unpaired) electrons. The van der Waals surface area contributed by atoms with Crippen LogP contribution in [0.3, 0.4) is 0 Å². The van der Waals surface area contributed by atoms with Gasteiger partial charge in [0.25, 0.3) is 5.91 Å². The summed E-state index contributed by atoms with van der Waals surface area (Å²) in [5.41, 5.74) is 3.36. The SMILES string of the molecule is COc1cc(C(=O)N(CCc2ccc(Cl)cc2Cl)Cc2ccc(OCc3ccccc3)cc2)cc(OC)c1OC. The molecule has 0 fully saturated rings. The molecular formula is C32H31Cl2NO5. The van der Waals surface area contributed by atoms with Crippen LogP contribution < -0.4 is 18.9 Å². The fourth-order valence-corrected chi connectivity index (χ4v) is 4.77. The monoisotopic (exact) mass is 579 g/mol. The summed E-state index contributed by atoms with van der Waals surface area (Å²) in [6, 6.07) is 26.4. The van der Waals surface area contributed by atoms with E-state index in [1.54, 1.807) is 29.2 Å². The molecule has 0 saturated heterocycles. The van der Waals surface area contributed by atoms with E-state index in [0.717, 1.165) is 22.4 Å². The number of ether oxygens (including phenoxy) is 4. The third-order valence-electron chi connectivity index (χ3n) is 6.41. The van der Waals surface area contributed by atoms with Crippen LogP contribution in [0.5, 0.6) is 23.0 Å². The lowest BCUT2D eigenvalue weighted by atomic mass is 10.1. The van der Waals surface area contributed by atoms with Gasteiger partial charge in [0.15, 0.2) is 11.5 Å². The molecule has 0 spiro atoms. The van der Waals surface area contributed by atoms with Gasteiger partial charge in [-0.25, -0.2) is 0 Å². The van der Waals surface area contributed by atoms with E-state index < -0.39 is 0 Å². The zero-order chi connectivity index (χ0) is 28.5. The third kappa shape index (κ3) is 7.40. The Labute approximate surface area is 245 Å². The molecule has 0 aliphatic rings. The zero-order valence-corrected chi connectivity index (χ0v) is 24.2. The average Bonchev–Trinajstić information content (AvgIpc) is 2.98. The molecule has 4 aromatic rings. The number of halogens is 2. The topological polar surface area (TPSA) is 57.2 Å². The molecule has 0 atom stereocenters. The maximum Gasteiger partial charge on any atom is 0.254 e. The lowest BCUT2D eigenvalue weighted by Gasteiger charge is -2.24. The van der Waals surface area contributed by atoms with Gasteiger partial charge in [-0.2, -0.15) is 0 Å². The molecule has 0 aliphatic carbocycles. The van der Waals surface area contributed by atoms with Crippen LogP contribution in [0.25, 0.3) is 0 Å². The van der Waals surface area contributed by atoms with E-state index in [1.165, 1.54) is 21.3 Å². The Morgan fingerprint density at radius 3 is 2.05 bits per heavy atom. The van der Waals surface area contributed by atoms with Gasteiger partial charge in [0.2, 0.25) is 5.75 Å². The Bertz CT molecular complexity index is 1400. The van der Waals surface area contributed by atoms with Crippen molar-refractivity contribution in [2.75, 3.05) is 27.9 Å². The molecule has 6 nitrogen and oxygen atoms in total. The third-order valence-corrected chi connectivity index (χ3v) is 7.00. The van der Waals surface area contributed by atoms with E-state index in [9.17, 15) is 4.79 Å². The Kier molecular flexibility index (Phi) is 10.2. The van der Waals surface area contributed by atoms with Gasteiger partial charge >= 0.3 is 0 Å². The van der Waals surface area contributed by atoms with Gasteiger partial charge in [-0.1, -0.05) is 71.7 Å². The first-order valence-electron chi connectivity index (χ1n) is 12.7. The Balaban J connectivity index is 1.56. The number of methoxy groups -OCH3 is 3. The van der Waals surface area contributed by atoms with Crippen molar-refractivity contribution in [1.29, 1.82) is 0 Å². The van der Waals surface area contributed by atoms with Crippen molar-refractivity contribution in [2.24, 2.45) is 0 Å². The molecule has 0 aliphatic heterocycles. The van der Waals surface area contributed by atoms with Crippen molar-refractivity contribution in [3.63, 3.8) is 0 Å². The van der Waals surface area contributed by atoms with Crippen LogP contribution in [-0.4, -0.2) is 38.7 Å². The largest absolute Gasteiger partial charge is 0.493 e. The van der Waals surface area contributed by atoms with Gasteiger partial charge in [0.05, 0.1) is 21.3 Å². The normalized spacial score (nSPS) is 10.6. The van der Waals surface area contributed by atoms with Gasteiger partial charge in [-0.3, -0.25) is 4.79 Å². The molecule has 8 heteroatoms. The van der Waals surface area contributed by atoms with Crippen molar-refractivity contribution < 1.29 is 23.7 Å². The van der Waals surface area contributed by atoms with Gasteiger partial charge in [0.1, 0.15) is 12.4 Å². The summed E-state index contributed by atoms with van der Waals surface area (Å²) in [6.45, 7) is 1.27. The van der Waals surface area contributed by atoms with Crippen LogP contribution in [-0.2, 0) is 19.6 Å². The van der Waals surface area contributed by atoms with Gasteiger partial charge in [-0.05, 0) is 59.5 Å². The second-order valence-electron chi connectivity index (χ2n) is 9.04. The molecule has 0 heterocycles. The number of hydrogen-bond donors (Lipinski definition) is 0. The molecule has 4 aromatic carbocycles. The standard InChI is InChI=1S/C32H31Cl2NO5/c1-37-29-17-25(18-30(38-2)31(29)39-3)32(36)35(16-15-24-11-12-26(33)19-28(24)34)20-22-9-13-27(14-10-22)40-21-23-7-5-4-6-8-23/h4-14,17-19H,15-16,20-21H2,1-3H3. The molecule has 4 rings (SSSR count). The zero-order valence-electron chi connectivity index (χ0n) is 22.7. The van der Waals surface area contributed by atoms with Crippen LogP contribution in [0.15, 0.2) is 84.9 Å². The lowest BCUT2D eigenvalue weighted by molar-refractivity contribution is 0.0744. The van der Waals surface area contributed by atoms with Gasteiger partial charge in [-0.15, -0.1) is 0 Å². The summed E-state index contributed by atoms with van der Waals surface area (Å²) in [4.78, 5) is 15.6. The Morgan fingerprint density at radius 1 is 0.775 bits per heavy atom. The van der Waals surface area contributed by atoms with Crippen molar-refractivity contribution in [3.05, 3.63) is 117 Å². The quantitative estimate of drug-likeness (QED) is 0.174. The molecule has 0 saturated carbocycles. The van der Waals surface area contributed by atoms with Gasteiger partial charge in [0, 0.05) is 28.7 Å². The highest BCUT2D eigenvalue weighted by Crippen LogP contribution is 2.38. The van der Waals surface area contributed by atoms with E-state index in [0.29, 0.717) is 59.0 Å². The Hall–Kier alpha value is -3.87. The smallest absolute Gasteiger partial charge is 0.254 e. The predicted octanol–water partition coefficient (Wildman–Crippen LogP) is 7.48. The first-order valence-corrected chi connectivity index (χ1v) is 13.5. The van der Waals surface area contributed by atoms with Crippen LogP contribution in [0.4, 0.5) is 0 Å². The molecule has 0 unspecified atom stereocenters. The minimum Gasteiger partial charge on any atom is -0.493 e. The van der Waals surface area contributed by atoms with E-state index in [2.05, 4.69) is 0 Å². The first kappa shape index (κ1) is 29.1. The fourth-order valence-electron chi connectivity index (χ4n) is 4.27. The highest BCUT2D eigenvalue weighted by Gasteiger charge is 2.22. The Morgan fingerprint density at radius 2 is 1.45 bits per heavy atom. The maximum atomic E-state index is 13.9. The fraction of sp³-hybridized carbons (Fsp3) is 0.219. The highest BCUT2D eigenvalue weighted by molar-refractivity contribution is 6.35. The van der Waals surface area contributed by atoms with E-state index >= 15 is 0 Å². The van der Waals surface area contributed by atoms with E-state index in [1.807, 2.05) is 60.7 Å². The molecule has 208 valence electrons.